The molecule has 0 radical (unpaired) electrons. The van der Waals surface area contributed by atoms with Crippen molar-refractivity contribution in [3.05, 3.63) is 99.7 Å². The van der Waals surface area contributed by atoms with Gasteiger partial charge >= 0.3 is 0 Å². The Balaban J connectivity index is 1.68. The highest BCUT2D eigenvalue weighted by atomic mass is 16.6. The molecule has 0 atom stereocenters. The summed E-state index contributed by atoms with van der Waals surface area (Å²) < 4.78 is 2.45. The second-order valence-electron chi connectivity index (χ2n) is 7.71. The normalized spacial score (nSPS) is 13.4. The van der Waals surface area contributed by atoms with Crippen LogP contribution in [0.25, 0.3) is 22.0 Å². The van der Waals surface area contributed by atoms with Gasteiger partial charge in [0.1, 0.15) is 0 Å². The van der Waals surface area contributed by atoms with Gasteiger partial charge in [-0.1, -0.05) is 48.5 Å². The number of hydrogen-bond acceptors (Lipinski definition) is 2. The standard InChI is InChI=1S/C25H22N2O2/c28-27(29)25-13-7-4-10-20(25)19-14-15-24-22(16-19)21-11-5-6-12-23(21)26(24)17-18-8-2-1-3-9-18/h1-4,7-10,13-16H,5-6,11-12,17H2. The van der Waals surface area contributed by atoms with E-state index in [1.54, 1.807) is 12.1 Å². The third-order valence-electron chi connectivity index (χ3n) is 5.97. The van der Waals surface area contributed by atoms with Crippen molar-refractivity contribution in [3.63, 3.8) is 0 Å². The van der Waals surface area contributed by atoms with E-state index in [4.69, 9.17) is 0 Å². The van der Waals surface area contributed by atoms with Gasteiger partial charge in [-0.25, -0.2) is 0 Å². The van der Waals surface area contributed by atoms with Gasteiger partial charge in [0.25, 0.3) is 5.69 Å². The zero-order valence-electron chi connectivity index (χ0n) is 16.2. The van der Waals surface area contributed by atoms with Crippen molar-refractivity contribution in [1.82, 2.24) is 4.57 Å². The Hall–Kier alpha value is -3.40. The Morgan fingerprint density at radius 3 is 2.48 bits per heavy atom. The number of hydrogen-bond donors (Lipinski definition) is 0. The largest absolute Gasteiger partial charge is 0.340 e. The predicted molar refractivity (Wildman–Crippen MR) is 116 cm³/mol. The van der Waals surface area contributed by atoms with Crippen LogP contribution in [-0.2, 0) is 19.4 Å². The molecule has 1 aliphatic carbocycles. The van der Waals surface area contributed by atoms with Crippen molar-refractivity contribution < 1.29 is 4.92 Å². The fourth-order valence-corrected chi connectivity index (χ4v) is 4.63. The molecule has 0 spiro atoms. The van der Waals surface area contributed by atoms with Gasteiger partial charge in [0.2, 0.25) is 0 Å². The smallest absolute Gasteiger partial charge is 0.277 e. The molecule has 1 aliphatic rings. The number of nitro benzene ring substituents is 1. The van der Waals surface area contributed by atoms with Crippen molar-refractivity contribution in [1.29, 1.82) is 0 Å². The number of nitrogens with zero attached hydrogens (tertiary/aromatic N) is 2. The lowest BCUT2D eigenvalue weighted by atomic mass is 9.94. The van der Waals surface area contributed by atoms with Gasteiger partial charge < -0.3 is 4.57 Å². The van der Waals surface area contributed by atoms with Crippen LogP contribution in [0.1, 0.15) is 29.7 Å². The molecule has 0 unspecified atom stereocenters. The molecule has 0 amide bonds. The van der Waals surface area contributed by atoms with Crippen LogP contribution in [0.5, 0.6) is 0 Å². The zero-order valence-corrected chi connectivity index (χ0v) is 16.2. The van der Waals surface area contributed by atoms with Crippen LogP contribution in [0.2, 0.25) is 0 Å². The molecule has 5 rings (SSSR count). The van der Waals surface area contributed by atoms with Crippen molar-refractivity contribution in [2.45, 2.75) is 32.2 Å². The van der Waals surface area contributed by atoms with Gasteiger partial charge in [0.15, 0.2) is 0 Å². The fourth-order valence-electron chi connectivity index (χ4n) is 4.63. The SMILES string of the molecule is O=[N+]([O-])c1ccccc1-c1ccc2c(c1)c1c(n2Cc2ccccc2)CCCC1. The highest BCUT2D eigenvalue weighted by molar-refractivity contribution is 5.91. The van der Waals surface area contributed by atoms with E-state index >= 15 is 0 Å². The Morgan fingerprint density at radius 1 is 0.897 bits per heavy atom. The minimum absolute atomic E-state index is 0.157. The molecule has 4 heteroatoms. The molecular weight excluding hydrogens is 360 g/mol. The Bertz CT molecular complexity index is 1210. The third kappa shape index (κ3) is 3.11. The van der Waals surface area contributed by atoms with Crippen LogP contribution in [0.4, 0.5) is 5.69 Å². The maximum atomic E-state index is 11.5. The third-order valence-corrected chi connectivity index (χ3v) is 5.97. The van der Waals surface area contributed by atoms with Crippen molar-refractivity contribution >= 4 is 16.6 Å². The van der Waals surface area contributed by atoms with Crippen molar-refractivity contribution in [3.8, 4) is 11.1 Å². The van der Waals surface area contributed by atoms with Crippen LogP contribution < -0.4 is 0 Å². The second kappa shape index (κ2) is 7.21. The van der Waals surface area contributed by atoms with E-state index in [2.05, 4.69) is 41.0 Å². The zero-order chi connectivity index (χ0) is 19.8. The molecule has 0 saturated heterocycles. The summed E-state index contributed by atoms with van der Waals surface area (Å²) >= 11 is 0. The van der Waals surface area contributed by atoms with Gasteiger partial charge in [-0.3, -0.25) is 10.1 Å². The van der Waals surface area contributed by atoms with Crippen LogP contribution in [0, 0.1) is 10.1 Å². The molecule has 144 valence electrons. The monoisotopic (exact) mass is 382 g/mol. The van der Waals surface area contributed by atoms with Crippen LogP contribution in [0.3, 0.4) is 0 Å². The van der Waals surface area contributed by atoms with E-state index in [9.17, 15) is 10.1 Å². The lowest BCUT2D eigenvalue weighted by Gasteiger charge is -2.16. The summed E-state index contributed by atoms with van der Waals surface area (Å²) in [6.07, 6.45) is 4.59. The summed E-state index contributed by atoms with van der Waals surface area (Å²) in [5.41, 5.74) is 7.11. The maximum Gasteiger partial charge on any atom is 0.277 e. The molecule has 29 heavy (non-hydrogen) atoms. The molecular formula is C25H22N2O2. The van der Waals surface area contributed by atoms with Gasteiger partial charge in [-0.15, -0.1) is 0 Å². The molecule has 0 fully saturated rings. The summed E-state index contributed by atoms with van der Waals surface area (Å²) in [5, 5.41) is 12.7. The number of aryl methyl sites for hydroxylation is 1. The first kappa shape index (κ1) is 17.7. The first-order valence-electron chi connectivity index (χ1n) is 10.1. The van der Waals surface area contributed by atoms with Crippen LogP contribution in [0.15, 0.2) is 72.8 Å². The number of rotatable bonds is 4. The van der Waals surface area contributed by atoms with Crippen LogP contribution in [-0.4, -0.2) is 9.49 Å². The molecule has 0 aliphatic heterocycles. The topological polar surface area (TPSA) is 48.1 Å². The molecule has 3 aromatic carbocycles. The molecule has 4 aromatic rings. The first-order chi connectivity index (χ1) is 14.2. The number of nitro groups is 1. The Kier molecular flexibility index (Phi) is 4.39. The summed E-state index contributed by atoms with van der Waals surface area (Å²) in [4.78, 5) is 11.2. The molecule has 1 aromatic heterocycles. The van der Waals surface area contributed by atoms with Crippen LogP contribution >= 0.6 is 0 Å². The molecule has 0 saturated carbocycles. The lowest BCUT2D eigenvalue weighted by Crippen LogP contribution is -2.09. The quantitative estimate of drug-likeness (QED) is 0.314. The van der Waals surface area contributed by atoms with E-state index in [1.807, 2.05) is 24.3 Å². The van der Waals surface area contributed by atoms with E-state index in [1.165, 1.54) is 40.6 Å². The molecule has 0 bridgehead atoms. The Morgan fingerprint density at radius 2 is 1.66 bits per heavy atom. The number of aromatic nitrogens is 1. The summed E-state index contributed by atoms with van der Waals surface area (Å²) in [6.45, 7) is 0.859. The van der Waals surface area contributed by atoms with E-state index in [-0.39, 0.29) is 10.6 Å². The van der Waals surface area contributed by atoms with E-state index in [0.717, 1.165) is 24.9 Å². The van der Waals surface area contributed by atoms with Gasteiger partial charge in [-0.2, -0.15) is 0 Å². The van der Waals surface area contributed by atoms with E-state index < -0.39 is 0 Å². The highest BCUT2D eigenvalue weighted by Crippen LogP contribution is 2.37. The molecule has 4 nitrogen and oxygen atoms in total. The van der Waals surface area contributed by atoms with Gasteiger partial charge in [0, 0.05) is 29.2 Å². The minimum Gasteiger partial charge on any atom is -0.340 e. The van der Waals surface area contributed by atoms with Gasteiger partial charge in [-0.05, 0) is 60.6 Å². The first-order valence-corrected chi connectivity index (χ1v) is 10.1. The average Bonchev–Trinajstić information content (AvgIpc) is 3.08. The maximum absolute atomic E-state index is 11.5. The number of para-hydroxylation sites is 1. The molecule has 1 heterocycles. The number of fused-ring (bicyclic) bond motifs is 3. The van der Waals surface area contributed by atoms with Gasteiger partial charge in [0.05, 0.1) is 10.5 Å². The summed E-state index contributed by atoms with van der Waals surface area (Å²) in [5.74, 6) is 0. The van der Waals surface area contributed by atoms with Crippen molar-refractivity contribution in [2.24, 2.45) is 0 Å². The molecule has 0 N–H and O–H groups in total. The predicted octanol–water partition coefficient (Wildman–Crippen LogP) is 6.14. The average molecular weight is 382 g/mol. The summed E-state index contributed by atoms with van der Waals surface area (Å²) in [6, 6.07) is 23.9. The Labute approximate surface area is 169 Å². The number of benzene rings is 3. The van der Waals surface area contributed by atoms with E-state index in [0.29, 0.717) is 5.56 Å². The summed E-state index contributed by atoms with van der Waals surface area (Å²) in [7, 11) is 0. The highest BCUT2D eigenvalue weighted by Gasteiger charge is 2.22. The lowest BCUT2D eigenvalue weighted by molar-refractivity contribution is -0.384. The fraction of sp³-hybridized carbons (Fsp3) is 0.200. The van der Waals surface area contributed by atoms with Crippen molar-refractivity contribution in [2.75, 3.05) is 0 Å². The minimum atomic E-state index is -0.296. The second-order valence-corrected chi connectivity index (χ2v) is 7.71.